The van der Waals surface area contributed by atoms with E-state index in [2.05, 4.69) is 143 Å². The number of para-hydroxylation sites is 4. The molecule has 0 saturated carbocycles. The van der Waals surface area contributed by atoms with Crippen molar-refractivity contribution in [2.45, 2.75) is 0 Å². The van der Waals surface area contributed by atoms with Crippen LogP contribution in [-0.4, -0.2) is 14.7 Å². The summed E-state index contributed by atoms with van der Waals surface area (Å²) in [6.07, 6.45) is 3.75. The van der Waals surface area contributed by atoms with E-state index < -0.39 is 0 Å². The number of benzene rings is 6. The number of phenols is 1. The number of aromatic hydroxyl groups is 1. The fraction of sp³-hybridized carbons (Fsp3) is 0. The number of phenolic OH excluding ortho intramolecular Hbond substituents is 1. The lowest BCUT2D eigenvalue weighted by atomic mass is 9.95. The van der Waals surface area contributed by atoms with Crippen molar-refractivity contribution < 1.29 is 9.67 Å². The van der Waals surface area contributed by atoms with Gasteiger partial charge in [-0.05, 0) is 64.2 Å². The summed E-state index contributed by atoms with van der Waals surface area (Å²) in [6, 6.07) is 57.6. The van der Waals surface area contributed by atoms with Crippen LogP contribution in [-0.2, 0) is 0 Å². The molecule has 6 aromatic carbocycles. The van der Waals surface area contributed by atoms with E-state index in [1.807, 2.05) is 36.4 Å². The molecular formula is C42H29N3O. The zero-order valence-electron chi connectivity index (χ0n) is 25.0. The number of aromatic nitrogens is 3. The van der Waals surface area contributed by atoms with Crippen LogP contribution in [0.5, 0.6) is 5.75 Å². The van der Waals surface area contributed by atoms with E-state index >= 15 is 0 Å². The third kappa shape index (κ3) is 4.92. The SMILES string of the molecule is Oc1ccccc1-c1cccc(-c2cccc(-n3[c-][n+](-c4c(-c5ccccc5)cccc4-c4ccccc4)c4ccccc43)c2)n1. The molecule has 46 heavy (non-hydrogen) atoms. The lowest BCUT2D eigenvalue weighted by Gasteiger charge is -2.17. The van der Waals surface area contributed by atoms with Gasteiger partial charge in [0.25, 0.3) is 6.33 Å². The van der Waals surface area contributed by atoms with Crippen molar-refractivity contribution in [1.82, 2.24) is 9.55 Å². The van der Waals surface area contributed by atoms with Crippen molar-refractivity contribution >= 4 is 11.0 Å². The monoisotopic (exact) mass is 591 g/mol. The molecule has 0 aliphatic carbocycles. The predicted molar refractivity (Wildman–Crippen MR) is 185 cm³/mol. The van der Waals surface area contributed by atoms with Crippen LogP contribution in [0.4, 0.5) is 0 Å². The zero-order valence-corrected chi connectivity index (χ0v) is 25.0. The molecule has 4 heteroatoms. The van der Waals surface area contributed by atoms with Gasteiger partial charge in [0, 0.05) is 5.56 Å². The molecule has 4 nitrogen and oxygen atoms in total. The van der Waals surface area contributed by atoms with Gasteiger partial charge in [0.15, 0.2) is 0 Å². The van der Waals surface area contributed by atoms with Crippen molar-refractivity contribution in [3.8, 4) is 61.9 Å². The topological polar surface area (TPSA) is 41.9 Å². The smallest absolute Gasteiger partial charge is 0.269 e. The fourth-order valence-corrected chi connectivity index (χ4v) is 6.14. The highest BCUT2D eigenvalue weighted by Crippen LogP contribution is 2.35. The van der Waals surface area contributed by atoms with Gasteiger partial charge in [0.1, 0.15) is 5.75 Å². The van der Waals surface area contributed by atoms with Gasteiger partial charge in [-0.15, -0.1) is 0 Å². The van der Waals surface area contributed by atoms with Gasteiger partial charge in [0.05, 0.1) is 33.8 Å². The van der Waals surface area contributed by atoms with Gasteiger partial charge < -0.3 is 5.11 Å². The molecule has 0 fully saturated rings. The number of pyridine rings is 1. The summed E-state index contributed by atoms with van der Waals surface area (Å²) < 4.78 is 4.33. The molecule has 8 rings (SSSR count). The highest BCUT2D eigenvalue weighted by molar-refractivity contribution is 5.85. The molecule has 0 aliphatic rings. The highest BCUT2D eigenvalue weighted by Gasteiger charge is 2.19. The molecule has 0 bridgehead atoms. The summed E-state index contributed by atoms with van der Waals surface area (Å²) in [5.74, 6) is 0.213. The minimum Gasteiger partial charge on any atom is -0.507 e. The molecule has 0 amide bonds. The maximum absolute atomic E-state index is 10.4. The summed E-state index contributed by atoms with van der Waals surface area (Å²) in [5.41, 5.74) is 11.9. The molecule has 0 spiro atoms. The van der Waals surface area contributed by atoms with E-state index in [1.54, 1.807) is 6.07 Å². The molecule has 0 saturated heterocycles. The molecule has 0 aliphatic heterocycles. The third-order valence-corrected chi connectivity index (χ3v) is 8.32. The first-order valence-electron chi connectivity index (χ1n) is 15.3. The molecule has 2 aromatic heterocycles. The Bertz CT molecular complexity index is 2270. The molecule has 1 N–H and O–H groups in total. The van der Waals surface area contributed by atoms with Crippen LogP contribution in [0.15, 0.2) is 170 Å². The molecular weight excluding hydrogens is 562 g/mol. The Morgan fingerprint density at radius 1 is 0.500 bits per heavy atom. The van der Waals surface area contributed by atoms with E-state index in [0.717, 1.165) is 61.6 Å². The Hall–Kier alpha value is -6.26. The lowest BCUT2D eigenvalue weighted by molar-refractivity contribution is -0.571. The van der Waals surface area contributed by atoms with E-state index in [9.17, 15) is 5.11 Å². The average Bonchev–Trinajstić information content (AvgIpc) is 3.52. The van der Waals surface area contributed by atoms with E-state index in [4.69, 9.17) is 4.98 Å². The number of imidazole rings is 1. The summed E-state index contributed by atoms with van der Waals surface area (Å²) in [7, 11) is 0. The summed E-state index contributed by atoms with van der Waals surface area (Å²) in [6.45, 7) is 0. The number of hydrogen-bond acceptors (Lipinski definition) is 2. The van der Waals surface area contributed by atoms with Crippen LogP contribution >= 0.6 is 0 Å². The highest BCUT2D eigenvalue weighted by atomic mass is 16.3. The van der Waals surface area contributed by atoms with Crippen LogP contribution < -0.4 is 4.57 Å². The summed E-state index contributed by atoms with van der Waals surface area (Å²) in [5, 5.41) is 10.4. The second-order valence-corrected chi connectivity index (χ2v) is 11.2. The number of rotatable bonds is 6. The van der Waals surface area contributed by atoms with Crippen molar-refractivity contribution in [3.05, 3.63) is 176 Å². The van der Waals surface area contributed by atoms with E-state index in [0.29, 0.717) is 5.56 Å². The number of nitrogens with zero attached hydrogens (tertiary/aromatic N) is 3. The normalized spacial score (nSPS) is 11.1. The largest absolute Gasteiger partial charge is 0.507 e. The molecule has 0 atom stereocenters. The molecule has 0 unspecified atom stereocenters. The first kappa shape index (κ1) is 27.3. The van der Waals surface area contributed by atoms with Crippen LogP contribution in [0, 0.1) is 6.33 Å². The predicted octanol–water partition coefficient (Wildman–Crippen LogP) is 9.48. The van der Waals surface area contributed by atoms with E-state index in [-0.39, 0.29) is 5.75 Å². The maximum atomic E-state index is 10.4. The first-order valence-corrected chi connectivity index (χ1v) is 15.3. The van der Waals surface area contributed by atoms with Crippen LogP contribution in [0.3, 0.4) is 0 Å². The first-order chi connectivity index (χ1) is 22.7. The van der Waals surface area contributed by atoms with Gasteiger partial charge in [-0.3, -0.25) is 9.13 Å². The van der Waals surface area contributed by atoms with Gasteiger partial charge in [0.2, 0.25) is 0 Å². The van der Waals surface area contributed by atoms with Crippen molar-refractivity contribution in [1.29, 1.82) is 0 Å². The Labute approximate surface area is 267 Å². The average molecular weight is 592 g/mol. The minimum atomic E-state index is 0.213. The molecule has 8 aromatic rings. The van der Waals surface area contributed by atoms with E-state index in [1.165, 1.54) is 0 Å². The maximum Gasteiger partial charge on any atom is 0.269 e. The Morgan fingerprint density at radius 3 is 1.80 bits per heavy atom. The number of fused-ring (bicyclic) bond motifs is 1. The van der Waals surface area contributed by atoms with Crippen molar-refractivity contribution in [2.24, 2.45) is 0 Å². The Morgan fingerprint density at radius 2 is 1.07 bits per heavy atom. The van der Waals surface area contributed by atoms with Crippen molar-refractivity contribution in [2.75, 3.05) is 0 Å². The minimum absolute atomic E-state index is 0.213. The van der Waals surface area contributed by atoms with Gasteiger partial charge in [-0.1, -0.05) is 133 Å². The molecule has 0 radical (unpaired) electrons. The summed E-state index contributed by atoms with van der Waals surface area (Å²) >= 11 is 0. The lowest BCUT2D eigenvalue weighted by Crippen LogP contribution is -2.31. The van der Waals surface area contributed by atoms with Gasteiger partial charge in [-0.25, -0.2) is 4.98 Å². The fourth-order valence-electron chi connectivity index (χ4n) is 6.14. The van der Waals surface area contributed by atoms with Crippen LogP contribution in [0.2, 0.25) is 0 Å². The Balaban J connectivity index is 1.31. The second kappa shape index (κ2) is 11.7. The Kier molecular flexibility index (Phi) is 6.93. The van der Waals surface area contributed by atoms with Gasteiger partial charge in [-0.2, -0.15) is 0 Å². The van der Waals surface area contributed by atoms with Gasteiger partial charge >= 0.3 is 0 Å². The second-order valence-electron chi connectivity index (χ2n) is 11.2. The van der Waals surface area contributed by atoms with Crippen molar-refractivity contribution in [3.63, 3.8) is 0 Å². The standard InChI is InChI=1S/C42H29N3O/c46-41-27-10-7-20-36(41)38-24-13-23-37(43-38)32-18-11-19-33(28-32)44-29-45(40-26-9-8-25-39(40)44)42-34(30-14-3-1-4-15-30)21-12-22-35(42)31-16-5-2-6-17-31/h1-28,46H. The zero-order chi connectivity index (χ0) is 30.9. The third-order valence-electron chi connectivity index (χ3n) is 8.32. The summed E-state index contributed by atoms with van der Waals surface area (Å²) in [4.78, 5) is 4.93. The quantitative estimate of drug-likeness (QED) is 0.155. The van der Waals surface area contributed by atoms with Crippen LogP contribution in [0.25, 0.3) is 67.2 Å². The molecule has 218 valence electrons. The van der Waals surface area contributed by atoms with Crippen LogP contribution in [0.1, 0.15) is 0 Å². The molecule has 2 heterocycles. The number of hydrogen-bond donors (Lipinski definition) is 1.